The van der Waals surface area contributed by atoms with Gasteiger partial charge in [-0.25, -0.2) is 19.3 Å². The third-order valence-corrected chi connectivity index (χ3v) is 11.4. The number of ether oxygens (including phenoxy) is 4. The molecule has 3 heterocycles. The van der Waals surface area contributed by atoms with Crippen molar-refractivity contribution in [2.24, 2.45) is 0 Å². The van der Waals surface area contributed by atoms with E-state index in [1.807, 2.05) is 72.9 Å². The van der Waals surface area contributed by atoms with Gasteiger partial charge in [0.05, 0.1) is 51.4 Å². The fourth-order valence-corrected chi connectivity index (χ4v) is 8.51. The number of hydrogen-bond acceptors (Lipinski definition) is 11. The maximum absolute atomic E-state index is 9.32. The van der Waals surface area contributed by atoms with Gasteiger partial charge in [-0.2, -0.15) is 5.26 Å². The molecular formula is C40H47N6O6P. The Morgan fingerprint density at radius 3 is 2.11 bits per heavy atom. The first kappa shape index (κ1) is 38.3. The van der Waals surface area contributed by atoms with Crippen LogP contribution in [-0.4, -0.2) is 76.1 Å². The lowest BCUT2D eigenvalue weighted by molar-refractivity contribution is -0.0937. The van der Waals surface area contributed by atoms with Gasteiger partial charge in [-0.15, -0.1) is 5.10 Å². The van der Waals surface area contributed by atoms with Crippen molar-refractivity contribution < 1.29 is 28.0 Å². The van der Waals surface area contributed by atoms with Gasteiger partial charge in [0.25, 0.3) is 8.53 Å². The zero-order valence-corrected chi connectivity index (χ0v) is 31.9. The lowest BCUT2D eigenvalue weighted by atomic mass is 9.80. The molecule has 12 nitrogen and oxygen atoms in total. The molecule has 0 N–H and O–H groups in total. The van der Waals surface area contributed by atoms with Crippen molar-refractivity contribution >= 4 is 19.6 Å². The van der Waals surface area contributed by atoms with E-state index >= 15 is 0 Å². The van der Waals surface area contributed by atoms with Crippen LogP contribution in [0.15, 0.2) is 97.6 Å². The summed E-state index contributed by atoms with van der Waals surface area (Å²) in [6, 6.07) is 28.5. The average molecular weight is 739 g/mol. The van der Waals surface area contributed by atoms with Gasteiger partial charge >= 0.3 is 0 Å². The number of benzene rings is 3. The Labute approximate surface area is 312 Å². The Bertz CT molecular complexity index is 1850. The van der Waals surface area contributed by atoms with Gasteiger partial charge in [-0.1, -0.05) is 54.6 Å². The van der Waals surface area contributed by atoms with Crippen molar-refractivity contribution in [2.75, 3.05) is 27.4 Å². The smallest absolute Gasteiger partial charge is 0.259 e. The van der Waals surface area contributed by atoms with E-state index in [4.69, 9.17) is 33.1 Å². The first-order valence-corrected chi connectivity index (χ1v) is 18.9. The fourth-order valence-electron chi connectivity index (χ4n) is 6.75. The van der Waals surface area contributed by atoms with Gasteiger partial charge in [-0.3, -0.25) is 0 Å². The molecule has 1 aliphatic rings. The molecule has 4 atom stereocenters. The Balaban J connectivity index is 1.41. The van der Waals surface area contributed by atoms with Crippen LogP contribution in [0.25, 0.3) is 11.0 Å². The Hall–Kier alpha value is -4.47. The summed E-state index contributed by atoms with van der Waals surface area (Å²) in [5, 5.41) is 14.9. The standard InChI is InChI=1S/C40H47N6O6P/c1-28(2)46(29(3)4)53(50-22-10-21-41)52-36-23-38(45-25-30-24-42-27-43-39(30)44-45)51-37(36)26-49-40(31-11-8-7-9-12-31,32-13-17-34(47-5)18-14-32)33-15-19-35(48-6)20-16-33/h7-9,11-20,24-25,27-29,36-38H,10,22-23,26H2,1-6H3/t36-,37+,38+,53?/m0/s1. The minimum atomic E-state index is -1.57. The van der Waals surface area contributed by atoms with Gasteiger partial charge in [0, 0.05) is 30.9 Å². The van der Waals surface area contributed by atoms with Gasteiger partial charge in [-0.05, 0) is 68.7 Å². The predicted octanol–water partition coefficient (Wildman–Crippen LogP) is 7.80. The van der Waals surface area contributed by atoms with Crippen molar-refractivity contribution in [3.05, 3.63) is 114 Å². The lowest BCUT2D eigenvalue weighted by Crippen LogP contribution is -2.39. The highest BCUT2D eigenvalue weighted by atomic mass is 31.2. The zero-order chi connectivity index (χ0) is 37.4. The quantitative estimate of drug-likeness (QED) is 0.0527. The molecular weight excluding hydrogens is 691 g/mol. The third-order valence-electron chi connectivity index (χ3n) is 9.20. The largest absolute Gasteiger partial charge is 0.497 e. The van der Waals surface area contributed by atoms with Crippen LogP contribution in [0.3, 0.4) is 0 Å². The van der Waals surface area contributed by atoms with E-state index in [-0.39, 0.29) is 31.7 Å². The molecule has 0 saturated carbocycles. The maximum atomic E-state index is 9.32. The van der Waals surface area contributed by atoms with E-state index in [0.717, 1.165) is 33.6 Å². The molecule has 0 aliphatic carbocycles. The lowest BCUT2D eigenvalue weighted by Gasteiger charge is -2.39. The monoisotopic (exact) mass is 738 g/mol. The minimum Gasteiger partial charge on any atom is -0.497 e. The topological polar surface area (TPSA) is 126 Å². The SMILES string of the molecule is COc1ccc(C(OC[C@H]2O[C@@H](n3cc4cncnc4n3)C[C@@H]2OP(OCCC#N)N(C(C)C)C(C)C)(c2ccccc2)c2ccc(OC)cc2)cc1. The Morgan fingerprint density at radius 2 is 1.55 bits per heavy atom. The summed E-state index contributed by atoms with van der Waals surface area (Å²) in [5.41, 5.74) is 2.28. The van der Waals surface area contributed by atoms with E-state index < -0.39 is 32.6 Å². The molecule has 0 spiro atoms. The van der Waals surface area contributed by atoms with E-state index in [1.54, 1.807) is 25.1 Å². The van der Waals surface area contributed by atoms with Crippen molar-refractivity contribution in [3.63, 3.8) is 0 Å². The molecule has 278 valence electrons. The number of nitrogens with zero attached hydrogens (tertiary/aromatic N) is 6. The first-order valence-electron chi connectivity index (χ1n) is 17.8. The summed E-state index contributed by atoms with van der Waals surface area (Å²) in [6.45, 7) is 8.89. The number of nitriles is 1. The summed E-state index contributed by atoms with van der Waals surface area (Å²) in [5.74, 6) is 1.48. The highest BCUT2D eigenvalue weighted by Gasteiger charge is 2.45. The molecule has 2 aromatic heterocycles. The van der Waals surface area contributed by atoms with Crippen LogP contribution in [0, 0.1) is 11.3 Å². The molecule has 1 unspecified atom stereocenters. The summed E-state index contributed by atoms with van der Waals surface area (Å²) < 4.78 is 42.5. The molecule has 6 rings (SSSR count). The number of rotatable bonds is 17. The van der Waals surface area contributed by atoms with Crippen LogP contribution in [0.2, 0.25) is 0 Å². The molecule has 0 amide bonds. The molecule has 1 fully saturated rings. The first-order chi connectivity index (χ1) is 25.8. The second kappa shape index (κ2) is 17.6. The van der Waals surface area contributed by atoms with Crippen LogP contribution in [0.5, 0.6) is 11.5 Å². The van der Waals surface area contributed by atoms with Crippen LogP contribution < -0.4 is 9.47 Å². The van der Waals surface area contributed by atoms with Crippen molar-refractivity contribution in [1.29, 1.82) is 5.26 Å². The summed E-state index contributed by atoms with van der Waals surface area (Å²) in [6.07, 6.45) is 4.38. The number of methoxy groups -OCH3 is 2. The van der Waals surface area contributed by atoms with Crippen LogP contribution in [-0.2, 0) is 24.1 Å². The molecule has 1 saturated heterocycles. The van der Waals surface area contributed by atoms with E-state index in [2.05, 4.69) is 60.5 Å². The van der Waals surface area contributed by atoms with Crippen LogP contribution in [0.4, 0.5) is 0 Å². The van der Waals surface area contributed by atoms with E-state index in [1.165, 1.54) is 6.33 Å². The number of hydrogen-bond donors (Lipinski definition) is 0. The summed E-state index contributed by atoms with van der Waals surface area (Å²) in [7, 11) is 1.73. The van der Waals surface area contributed by atoms with Gasteiger partial charge < -0.3 is 28.0 Å². The summed E-state index contributed by atoms with van der Waals surface area (Å²) >= 11 is 0. The average Bonchev–Trinajstić information content (AvgIpc) is 3.80. The predicted molar refractivity (Wildman–Crippen MR) is 202 cm³/mol. The van der Waals surface area contributed by atoms with E-state index in [0.29, 0.717) is 12.1 Å². The number of fused-ring (bicyclic) bond motifs is 1. The Morgan fingerprint density at radius 1 is 0.925 bits per heavy atom. The minimum absolute atomic E-state index is 0.127. The van der Waals surface area contributed by atoms with Gasteiger partial charge in [0.15, 0.2) is 11.9 Å². The third kappa shape index (κ3) is 8.52. The van der Waals surface area contributed by atoms with Gasteiger partial charge in [0.2, 0.25) is 0 Å². The van der Waals surface area contributed by atoms with Crippen molar-refractivity contribution in [2.45, 2.75) is 76.7 Å². The highest BCUT2D eigenvalue weighted by molar-refractivity contribution is 7.44. The van der Waals surface area contributed by atoms with E-state index in [9.17, 15) is 5.26 Å². The molecule has 5 aromatic rings. The van der Waals surface area contributed by atoms with Crippen LogP contribution in [0.1, 0.15) is 63.5 Å². The zero-order valence-electron chi connectivity index (χ0n) is 31.0. The second-order valence-corrected chi connectivity index (χ2v) is 14.7. The van der Waals surface area contributed by atoms with Crippen molar-refractivity contribution in [3.8, 4) is 17.6 Å². The van der Waals surface area contributed by atoms with Crippen molar-refractivity contribution in [1.82, 2.24) is 24.4 Å². The summed E-state index contributed by atoms with van der Waals surface area (Å²) in [4.78, 5) is 8.50. The molecule has 13 heteroatoms. The molecule has 0 radical (unpaired) electrons. The molecule has 53 heavy (non-hydrogen) atoms. The van der Waals surface area contributed by atoms with Gasteiger partial charge in [0.1, 0.15) is 29.5 Å². The maximum Gasteiger partial charge on any atom is 0.259 e. The Kier molecular flexibility index (Phi) is 12.7. The molecule has 1 aliphatic heterocycles. The highest BCUT2D eigenvalue weighted by Crippen LogP contribution is 2.51. The normalized spacial score (nSPS) is 18.2. The molecule has 0 bridgehead atoms. The number of aromatic nitrogens is 4. The fraction of sp³-hybridized carbons (Fsp3) is 0.400. The van der Waals surface area contributed by atoms with Crippen LogP contribution >= 0.6 is 8.53 Å². The molecule has 3 aromatic carbocycles. The second-order valence-electron chi connectivity index (χ2n) is 13.3.